The summed E-state index contributed by atoms with van der Waals surface area (Å²) in [4.78, 5) is 44.8. The first-order valence-electron chi connectivity index (χ1n) is 13.7. The zero-order valence-corrected chi connectivity index (χ0v) is 22.6. The van der Waals surface area contributed by atoms with Crippen molar-refractivity contribution in [1.82, 2.24) is 20.0 Å². The second kappa shape index (κ2) is 11.9. The molecular weight excluding hydrogens is 496 g/mol. The Hall–Kier alpha value is -3.85. The summed E-state index contributed by atoms with van der Waals surface area (Å²) in [6, 6.07) is 15.9. The molecule has 1 saturated carbocycles. The molecule has 3 aliphatic rings. The van der Waals surface area contributed by atoms with Gasteiger partial charge < -0.3 is 19.7 Å². The second-order valence-electron chi connectivity index (χ2n) is 10.2. The Bertz CT molecular complexity index is 1230. The lowest BCUT2D eigenvalue weighted by Crippen LogP contribution is -2.54. The summed E-state index contributed by atoms with van der Waals surface area (Å²) in [6.07, 6.45) is 3.12. The third-order valence-electron chi connectivity index (χ3n) is 7.75. The molecule has 0 aromatic heterocycles. The Morgan fingerprint density at radius 3 is 2.36 bits per heavy atom. The zero-order valence-electron chi connectivity index (χ0n) is 22.6. The molecule has 0 bridgehead atoms. The molecule has 0 radical (unpaired) electrons. The van der Waals surface area contributed by atoms with Gasteiger partial charge in [-0.2, -0.15) is 0 Å². The topological polar surface area (TPSA) is 91.4 Å². The van der Waals surface area contributed by atoms with Crippen LogP contribution in [0.25, 0.3) is 0 Å². The number of likely N-dealkylation sites (N-methyl/N-ethyl adjacent to an activating group) is 1. The lowest BCUT2D eigenvalue weighted by Gasteiger charge is -2.41. The number of para-hydroxylation sites is 1. The van der Waals surface area contributed by atoms with Crippen LogP contribution in [0.2, 0.25) is 0 Å². The number of piperazine rings is 1. The molecule has 9 nitrogen and oxygen atoms in total. The molecule has 2 aromatic carbocycles. The van der Waals surface area contributed by atoms with E-state index in [2.05, 4.69) is 10.2 Å². The van der Waals surface area contributed by atoms with Crippen molar-refractivity contribution in [1.29, 1.82) is 0 Å². The van der Waals surface area contributed by atoms with Crippen LogP contribution in [0.15, 0.2) is 65.9 Å². The van der Waals surface area contributed by atoms with Crippen LogP contribution < -0.4 is 10.1 Å². The van der Waals surface area contributed by atoms with Crippen molar-refractivity contribution < 1.29 is 23.9 Å². The lowest BCUT2D eigenvalue weighted by atomic mass is 9.84. The van der Waals surface area contributed by atoms with E-state index in [0.717, 1.165) is 24.8 Å². The lowest BCUT2D eigenvalue weighted by molar-refractivity contribution is -0.140. The van der Waals surface area contributed by atoms with Gasteiger partial charge >= 0.3 is 12.0 Å². The number of carbonyl (C=O) groups excluding carboxylic acids is 3. The van der Waals surface area contributed by atoms with E-state index >= 15 is 0 Å². The quantitative estimate of drug-likeness (QED) is 0.518. The molecule has 39 heavy (non-hydrogen) atoms. The number of esters is 1. The summed E-state index contributed by atoms with van der Waals surface area (Å²) in [5.41, 5.74) is 1.74. The minimum atomic E-state index is -0.691. The fraction of sp³-hybridized carbons (Fsp3) is 0.433. The Labute approximate surface area is 229 Å². The van der Waals surface area contributed by atoms with Gasteiger partial charge in [0.25, 0.3) is 0 Å². The van der Waals surface area contributed by atoms with Gasteiger partial charge in [-0.15, -0.1) is 0 Å². The molecule has 9 heteroatoms. The molecule has 1 atom stereocenters. The standard InChI is InChI=1S/C30H36N4O5/c1-3-38-29(36)26-25(20-33-15-17-34(18-16-33)28(35)21-9-7-10-21)32(2)30(37)31-27(26)22-11-8-14-24(19-22)39-23-12-5-4-6-13-23/h4-6,8,11-14,19,21,27H,3,7,9-10,15-18,20H2,1-2H3,(H,31,37)/t27-/m1/s1. The minimum Gasteiger partial charge on any atom is -0.463 e. The van der Waals surface area contributed by atoms with Crippen LogP contribution >= 0.6 is 0 Å². The number of urea groups is 1. The van der Waals surface area contributed by atoms with E-state index < -0.39 is 12.0 Å². The number of nitrogens with zero attached hydrogens (tertiary/aromatic N) is 3. The van der Waals surface area contributed by atoms with Crippen molar-refractivity contribution in [2.24, 2.45) is 5.92 Å². The van der Waals surface area contributed by atoms with Crippen molar-refractivity contribution in [3.05, 3.63) is 71.4 Å². The zero-order chi connectivity index (χ0) is 27.4. The first kappa shape index (κ1) is 26.7. The van der Waals surface area contributed by atoms with Gasteiger partial charge in [-0.25, -0.2) is 9.59 Å². The number of hydrogen-bond acceptors (Lipinski definition) is 6. The van der Waals surface area contributed by atoms with Gasteiger partial charge in [-0.1, -0.05) is 36.8 Å². The van der Waals surface area contributed by atoms with Crippen LogP contribution in [0, 0.1) is 5.92 Å². The van der Waals surface area contributed by atoms with E-state index in [9.17, 15) is 14.4 Å². The number of rotatable bonds is 8. The Morgan fingerprint density at radius 2 is 1.69 bits per heavy atom. The second-order valence-corrected chi connectivity index (χ2v) is 10.2. The van der Waals surface area contributed by atoms with Crippen LogP contribution in [-0.2, 0) is 14.3 Å². The maximum Gasteiger partial charge on any atom is 0.338 e. The van der Waals surface area contributed by atoms with Crippen molar-refractivity contribution in [3.8, 4) is 11.5 Å². The number of hydrogen-bond donors (Lipinski definition) is 1. The van der Waals surface area contributed by atoms with Crippen LogP contribution in [0.3, 0.4) is 0 Å². The molecule has 0 unspecified atom stereocenters. The SMILES string of the molecule is CCOC(=O)C1=C(CN2CCN(C(=O)C3CCC3)CC2)N(C)C(=O)N[C@@H]1c1cccc(Oc2ccccc2)c1. The highest BCUT2D eigenvalue weighted by Gasteiger charge is 2.38. The summed E-state index contributed by atoms with van der Waals surface area (Å²) in [5.74, 6) is 1.28. The maximum atomic E-state index is 13.4. The van der Waals surface area contributed by atoms with E-state index in [0.29, 0.717) is 55.5 Å². The summed E-state index contributed by atoms with van der Waals surface area (Å²) in [5, 5.41) is 2.98. The number of ether oxygens (including phenoxy) is 2. The van der Waals surface area contributed by atoms with E-state index in [1.54, 1.807) is 14.0 Å². The average molecular weight is 533 g/mol. The molecule has 5 rings (SSSR count). The molecule has 2 aliphatic heterocycles. The molecular formula is C30H36N4O5. The van der Waals surface area contributed by atoms with Gasteiger partial charge in [-0.3, -0.25) is 14.6 Å². The van der Waals surface area contributed by atoms with Gasteiger partial charge in [0.1, 0.15) is 11.5 Å². The molecule has 0 spiro atoms. The summed E-state index contributed by atoms with van der Waals surface area (Å²) in [6.45, 7) is 5.05. The Morgan fingerprint density at radius 1 is 0.974 bits per heavy atom. The van der Waals surface area contributed by atoms with Crippen molar-refractivity contribution in [3.63, 3.8) is 0 Å². The monoisotopic (exact) mass is 532 g/mol. The van der Waals surface area contributed by atoms with E-state index in [1.807, 2.05) is 59.5 Å². The maximum absolute atomic E-state index is 13.4. The van der Waals surface area contributed by atoms with Gasteiger partial charge in [0.15, 0.2) is 0 Å². The average Bonchev–Trinajstić information content (AvgIpc) is 2.91. The molecule has 1 aliphatic carbocycles. The van der Waals surface area contributed by atoms with E-state index in [1.165, 1.54) is 4.90 Å². The molecule has 2 fully saturated rings. The van der Waals surface area contributed by atoms with E-state index in [-0.39, 0.29) is 24.5 Å². The summed E-state index contributed by atoms with van der Waals surface area (Å²) >= 11 is 0. The molecule has 1 saturated heterocycles. The normalized spacial score (nSPS) is 20.4. The molecule has 206 valence electrons. The van der Waals surface area contributed by atoms with Crippen LogP contribution in [0.1, 0.15) is 37.8 Å². The number of carbonyl (C=O) groups is 3. The first-order chi connectivity index (χ1) is 18.9. The predicted octanol–water partition coefficient (Wildman–Crippen LogP) is 3.94. The van der Waals surface area contributed by atoms with Gasteiger partial charge in [0, 0.05) is 51.4 Å². The van der Waals surface area contributed by atoms with Gasteiger partial charge in [0.2, 0.25) is 5.91 Å². The third kappa shape index (κ3) is 5.93. The molecule has 2 heterocycles. The summed E-state index contributed by atoms with van der Waals surface area (Å²) < 4.78 is 11.5. The van der Waals surface area contributed by atoms with Crippen molar-refractivity contribution in [2.75, 3.05) is 46.4 Å². The van der Waals surface area contributed by atoms with Crippen LogP contribution in [-0.4, -0.2) is 79.0 Å². The molecule has 1 N–H and O–H groups in total. The van der Waals surface area contributed by atoms with Gasteiger partial charge in [0.05, 0.1) is 18.2 Å². The Balaban J connectivity index is 1.40. The fourth-order valence-corrected chi connectivity index (χ4v) is 5.28. The van der Waals surface area contributed by atoms with Crippen molar-refractivity contribution in [2.45, 2.75) is 32.2 Å². The predicted molar refractivity (Wildman–Crippen MR) is 146 cm³/mol. The molecule has 2 aromatic rings. The Kier molecular flexibility index (Phi) is 8.16. The summed E-state index contributed by atoms with van der Waals surface area (Å²) in [7, 11) is 1.67. The third-order valence-corrected chi connectivity index (χ3v) is 7.75. The van der Waals surface area contributed by atoms with Gasteiger partial charge in [-0.05, 0) is 49.6 Å². The number of amides is 3. The van der Waals surface area contributed by atoms with Crippen LogP contribution in [0.5, 0.6) is 11.5 Å². The minimum absolute atomic E-state index is 0.185. The van der Waals surface area contributed by atoms with Crippen LogP contribution in [0.4, 0.5) is 4.79 Å². The highest BCUT2D eigenvalue weighted by atomic mass is 16.5. The fourth-order valence-electron chi connectivity index (χ4n) is 5.28. The largest absolute Gasteiger partial charge is 0.463 e. The highest BCUT2D eigenvalue weighted by Crippen LogP contribution is 2.34. The highest BCUT2D eigenvalue weighted by molar-refractivity contribution is 5.95. The van der Waals surface area contributed by atoms with Crippen molar-refractivity contribution >= 4 is 17.9 Å². The van der Waals surface area contributed by atoms with E-state index in [4.69, 9.17) is 9.47 Å². The first-order valence-corrected chi connectivity index (χ1v) is 13.7. The smallest absolute Gasteiger partial charge is 0.338 e. The molecule has 3 amide bonds. The number of benzene rings is 2. The number of nitrogens with one attached hydrogen (secondary N) is 1.